The van der Waals surface area contributed by atoms with Crippen molar-refractivity contribution in [3.63, 3.8) is 0 Å². The number of hydrogen-bond donors (Lipinski definition) is 1. The standard InChI is InChI=1S/C12H18N4S/c1-15(2)10-7-5-9(6-8-10)11-13-14-12(17-4)16(11)3/h5-8,11,13H,1-4H3. The van der Waals surface area contributed by atoms with Crippen molar-refractivity contribution in [3.05, 3.63) is 29.8 Å². The molecule has 1 N–H and O–H groups in total. The van der Waals surface area contributed by atoms with Crippen LogP contribution in [0, 0.1) is 0 Å². The molecule has 17 heavy (non-hydrogen) atoms. The Morgan fingerprint density at radius 1 is 1.29 bits per heavy atom. The molecule has 0 fully saturated rings. The number of nitrogens with one attached hydrogen (secondary N) is 1. The SMILES string of the molecule is CSC1=NNC(c2ccc(N(C)C)cc2)N1C. The lowest BCUT2D eigenvalue weighted by atomic mass is 10.1. The summed E-state index contributed by atoms with van der Waals surface area (Å²) in [6, 6.07) is 8.54. The second-order valence-electron chi connectivity index (χ2n) is 4.23. The zero-order valence-corrected chi connectivity index (χ0v) is 11.5. The molecule has 2 rings (SSSR count). The summed E-state index contributed by atoms with van der Waals surface area (Å²) < 4.78 is 0. The van der Waals surface area contributed by atoms with E-state index in [1.807, 2.05) is 20.4 Å². The summed E-state index contributed by atoms with van der Waals surface area (Å²) in [5, 5.41) is 5.32. The summed E-state index contributed by atoms with van der Waals surface area (Å²) in [6.45, 7) is 0. The Morgan fingerprint density at radius 3 is 2.41 bits per heavy atom. The number of amidine groups is 1. The van der Waals surface area contributed by atoms with Crippen LogP contribution in [0.2, 0.25) is 0 Å². The molecule has 1 aliphatic rings. The van der Waals surface area contributed by atoms with Crippen LogP contribution in [0.4, 0.5) is 5.69 Å². The second-order valence-corrected chi connectivity index (χ2v) is 5.00. The summed E-state index contributed by atoms with van der Waals surface area (Å²) in [7, 11) is 6.15. The molecule has 1 heterocycles. The van der Waals surface area contributed by atoms with E-state index in [0.717, 1.165) is 5.17 Å². The first-order valence-electron chi connectivity index (χ1n) is 5.51. The zero-order valence-electron chi connectivity index (χ0n) is 10.6. The quantitative estimate of drug-likeness (QED) is 0.869. The molecule has 1 aromatic carbocycles. The van der Waals surface area contributed by atoms with Crippen LogP contribution < -0.4 is 10.3 Å². The van der Waals surface area contributed by atoms with Crippen molar-refractivity contribution >= 4 is 22.6 Å². The Hall–Kier alpha value is -1.36. The van der Waals surface area contributed by atoms with E-state index in [9.17, 15) is 0 Å². The van der Waals surface area contributed by atoms with Crippen molar-refractivity contribution in [3.8, 4) is 0 Å². The van der Waals surface area contributed by atoms with E-state index in [1.54, 1.807) is 11.8 Å². The summed E-state index contributed by atoms with van der Waals surface area (Å²) >= 11 is 1.65. The first-order chi connectivity index (χ1) is 8.13. The predicted molar refractivity (Wildman–Crippen MR) is 75.4 cm³/mol. The van der Waals surface area contributed by atoms with Gasteiger partial charge in [0.1, 0.15) is 6.17 Å². The van der Waals surface area contributed by atoms with Crippen molar-refractivity contribution in [1.82, 2.24) is 10.3 Å². The molecule has 0 aromatic heterocycles. The number of hydrazone groups is 1. The van der Waals surface area contributed by atoms with Gasteiger partial charge in [0.05, 0.1) is 0 Å². The third kappa shape index (κ3) is 2.34. The fraction of sp³-hybridized carbons (Fsp3) is 0.417. The molecule has 5 heteroatoms. The maximum atomic E-state index is 4.30. The van der Waals surface area contributed by atoms with Gasteiger partial charge in [-0.25, -0.2) is 0 Å². The third-order valence-electron chi connectivity index (χ3n) is 2.88. The van der Waals surface area contributed by atoms with Crippen LogP contribution in [-0.2, 0) is 0 Å². The van der Waals surface area contributed by atoms with Gasteiger partial charge in [-0.1, -0.05) is 23.9 Å². The molecule has 0 radical (unpaired) electrons. The van der Waals surface area contributed by atoms with Gasteiger partial charge in [-0.3, -0.25) is 5.43 Å². The summed E-state index contributed by atoms with van der Waals surface area (Å²) in [5.41, 5.74) is 5.59. The molecule has 0 saturated carbocycles. The molecule has 1 aromatic rings. The molecular formula is C12H18N4S. The molecule has 0 bridgehead atoms. The highest BCUT2D eigenvalue weighted by molar-refractivity contribution is 8.13. The molecule has 1 atom stereocenters. The van der Waals surface area contributed by atoms with Gasteiger partial charge in [-0.15, -0.1) is 0 Å². The molecule has 92 valence electrons. The van der Waals surface area contributed by atoms with Crippen LogP contribution in [0.15, 0.2) is 29.4 Å². The molecule has 0 spiro atoms. The van der Waals surface area contributed by atoms with Crippen molar-refractivity contribution in [2.75, 3.05) is 32.3 Å². The molecule has 0 saturated heterocycles. The van der Waals surface area contributed by atoms with Crippen LogP contribution >= 0.6 is 11.8 Å². The van der Waals surface area contributed by atoms with Gasteiger partial charge in [-0.05, 0) is 24.0 Å². The van der Waals surface area contributed by atoms with Crippen LogP contribution in [0.1, 0.15) is 11.7 Å². The van der Waals surface area contributed by atoms with Crippen molar-refractivity contribution in [1.29, 1.82) is 0 Å². The fourth-order valence-corrected chi connectivity index (χ4v) is 2.37. The van der Waals surface area contributed by atoms with E-state index in [4.69, 9.17) is 0 Å². The Balaban J connectivity index is 2.14. The first-order valence-corrected chi connectivity index (χ1v) is 6.73. The Kier molecular flexibility index (Phi) is 3.47. The van der Waals surface area contributed by atoms with Gasteiger partial charge in [0.2, 0.25) is 0 Å². The minimum Gasteiger partial charge on any atom is -0.378 e. The summed E-state index contributed by atoms with van der Waals surface area (Å²) in [6.07, 6.45) is 2.18. The average molecular weight is 250 g/mol. The van der Waals surface area contributed by atoms with E-state index in [-0.39, 0.29) is 6.17 Å². The van der Waals surface area contributed by atoms with Gasteiger partial charge >= 0.3 is 0 Å². The van der Waals surface area contributed by atoms with Crippen LogP contribution in [0.3, 0.4) is 0 Å². The van der Waals surface area contributed by atoms with Crippen LogP contribution in [-0.4, -0.2) is 37.5 Å². The van der Waals surface area contributed by atoms with E-state index < -0.39 is 0 Å². The second kappa shape index (κ2) is 4.87. The topological polar surface area (TPSA) is 30.9 Å². The highest BCUT2D eigenvalue weighted by Gasteiger charge is 2.24. The Bertz CT molecular complexity index is 413. The minimum atomic E-state index is 0.147. The van der Waals surface area contributed by atoms with Gasteiger partial charge in [0.15, 0.2) is 5.17 Å². The van der Waals surface area contributed by atoms with E-state index in [2.05, 4.69) is 51.6 Å². The Labute approximate surface area is 107 Å². The zero-order chi connectivity index (χ0) is 12.4. The lowest BCUT2D eigenvalue weighted by Crippen LogP contribution is -2.28. The normalized spacial score (nSPS) is 18.9. The predicted octanol–water partition coefficient (Wildman–Crippen LogP) is 1.92. The lowest BCUT2D eigenvalue weighted by molar-refractivity contribution is 0.363. The fourth-order valence-electron chi connectivity index (χ4n) is 1.83. The summed E-state index contributed by atoms with van der Waals surface area (Å²) in [4.78, 5) is 4.24. The maximum absolute atomic E-state index is 4.30. The number of anilines is 1. The van der Waals surface area contributed by atoms with Crippen molar-refractivity contribution in [2.24, 2.45) is 5.10 Å². The van der Waals surface area contributed by atoms with Crippen molar-refractivity contribution in [2.45, 2.75) is 6.17 Å². The van der Waals surface area contributed by atoms with Crippen molar-refractivity contribution < 1.29 is 0 Å². The summed E-state index contributed by atoms with van der Waals surface area (Å²) in [5.74, 6) is 0. The highest BCUT2D eigenvalue weighted by Crippen LogP contribution is 2.25. The van der Waals surface area contributed by atoms with Gasteiger partial charge in [0.25, 0.3) is 0 Å². The molecular weight excluding hydrogens is 232 g/mol. The highest BCUT2D eigenvalue weighted by atomic mass is 32.2. The smallest absolute Gasteiger partial charge is 0.184 e. The molecule has 1 unspecified atom stereocenters. The van der Waals surface area contributed by atoms with E-state index >= 15 is 0 Å². The van der Waals surface area contributed by atoms with E-state index in [1.165, 1.54) is 11.3 Å². The molecule has 1 aliphatic heterocycles. The van der Waals surface area contributed by atoms with Gasteiger partial charge in [-0.2, -0.15) is 5.10 Å². The Morgan fingerprint density at radius 2 is 1.94 bits per heavy atom. The number of rotatable bonds is 2. The van der Waals surface area contributed by atoms with Crippen LogP contribution in [0.5, 0.6) is 0 Å². The first kappa shape index (κ1) is 12.1. The number of nitrogens with zero attached hydrogens (tertiary/aromatic N) is 3. The third-order valence-corrected chi connectivity index (χ3v) is 3.62. The number of hydrogen-bond acceptors (Lipinski definition) is 5. The van der Waals surface area contributed by atoms with Crippen LogP contribution in [0.25, 0.3) is 0 Å². The van der Waals surface area contributed by atoms with Gasteiger partial charge < -0.3 is 9.80 Å². The molecule has 0 aliphatic carbocycles. The average Bonchev–Trinajstić information content (AvgIpc) is 2.70. The van der Waals surface area contributed by atoms with Gasteiger partial charge in [0, 0.05) is 26.8 Å². The lowest BCUT2D eigenvalue weighted by Gasteiger charge is -2.22. The monoisotopic (exact) mass is 250 g/mol. The number of thioether (sulfide) groups is 1. The molecule has 0 amide bonds. The largest absolute Gasteiger partial charge is 0.378 e. The van der Waals surface area contributed by atoms with E-state index in [0.29, 0.717) is 0 Å². The maximum Gasteiger partial charge on any atom is 0.184 e. The number of benzene rings is 1. The molecule has 4 nitrogen and oxygen atoms in total. The minimum absolute atomic E-state index is 0.147.